The van der Waals surface area contributed by atoms with Gasteiger partial charge in [0.15, 0.2) is 0 Å². The Bertz CT molecular complexity index is 5540. The van der Waals surface area contributed by atoms with Crippen LogP contribution in [0.15, 0.2) is 277 Å². The molecule has 35 heteroatoms. The number of sulfonamides is 2. The van der Waals surface area contributed by atoms with Gasteiger partial charge >= 0.3 is 101 Å². The number of anilines is 4. The van der Waals surface area contributed by atoms with E-state index in [0.29, 0.717) is 31.3 Å². The van der Waals surface area contributed by atoms with Crippen molar-refractivity contribution in [2.45, 2.75) is 14.7 Å². The number of carboxylic acid groups (broad SMARTS) is 4. The second-order valence-electron chi connectivity index (χ2n) is 22.0. The number of esters is 3. The fourth-order valence-electron chi connectivity index (χ4n) is 9.63. The molecule has 0 fully saturated rings. The Labute approximate surface area is 710 Å². The predicted molar refractivity (Wildman–Crippen MR) is 419 cm³/mol. The van der Waals surface area contributed by atoms with Crippen LogP contribution < -0.4 is 80.0 Å². The third-order valence-electron chi connectivity index (χ3n) is 14.8. The summed E-state index contributed by atoms with van der Waals surface area (Å²) in [4.78, 5) is 78.9. The Hall–Kier alpha value is -9.59. The van der Waals surface area contributed by atoms with Crippen LogP contribution in [0.1, 0.15) is 72.5 Å². The molecule has 0 saturated heterocycles. The molecule has 0 amide bonds. The van der Waals surface area contributed by atoms with E-state index in [1.165, 1.54) is 88.1 Å². The van der Waals surface area contributed by atoms with Crippen LogP contribution in [0.4, 0.5) is 22.7 Å². The van der Waals surface area contributed by atoms with Gasteiger partial charge in [-0.2, -0.15) is 0 Å². The fraction of sp³-hybridized carbons (Fsp3) is 0.0395. The number of nitrogens with two attached hydrogens (primary N) is 2. The van der Waals surface area contributed by atoms with Crippen LogP contribution in [0.3, 0.4) is 0 Å². The second-order valence-corrected chi connectivity index (χ2v) is 30.6. The summed E-state index contributed by atoms with van der Waals surface area (Å²) in [6, 6.07) is 68.0. The quantitative estimate of drug-likeness (QED) is 0.0130. The monoisotopic (exact) mass is 1800 g/mol. The largest absolute Gasteiger partial charge is 1.00 e. The number of nitrogens with one attached hydrogen (secondary N) is 2. The van der Waals surface area contributed by atoms with Crippen molar-refractivity contribution in [2.24, 2.45) is 0 Å². The zero-order valence-electron chi connectivity index (χ0n) is 58.8. The number of carbonyl (C=O) groups excluding carboxylic acids is 3. The summed E-state index contributed by atoms with van der Waals surface area (Å²) in [6.45, 7) is 0. The summed E-state index contributed by atoms with van der Waals surface area (Å²) in [6.07, 6.45) is 0. The Kier molecular flexibility index (Phi) is 37.8. The molecule has 0 aliphatic carbocycles. The average molecular weight is 1800 g/mol. The summed E-state index contributed by atoms with van der Waals surface area (Å²) in [5, 5.41) is 36.9. The van der Waals surface area contributed by atoms with E-state index in [0.717, 1.165) is 51.6 Å². The van der Waals surface area contributed by atoms with E-state index in [1.54, 1.807) is 48.5 Å². The fourth-order valence-corrected chi connectivity index (χ4v) is 14.6. The maximum atomic E-state index is 13.0. The number of rotatable bonds is 18. The van der Waals surface area contributed by atoms with Crippen LogP contribution in [0.25, 0.3) is 44.5 Å². The average Bonchev–Trinajstić information content (AvgIpc) is 0.799. The molecule has 0 bridgehead atoms. The second kappa shape index (κ2) is 43.9. The summed E-state index contributed by atoms with van der Waals surface area (Å²) in [5.41, 5.74) is 18.8. The molecule has 11 aromatic rings. The van der Waals surface area contributed by atoms with Gasteiger partial charge in [0.25, 0.3) is 29.1 Å². The third-order valence-corrected chi connectivity index (χ3v) is 20.2. The molecule has 0 aliphatic rings. The molecular weight excluding hydrogens is 1740 g/mol. The van der Waals surface area contributed by atoms with E-state index in [9.17, 15) is 69.0 Å². The molecule has 566 valence electrons. The number of ether oxygens (including phenoxy) is 3. The third kappa shape index (κ3) is 27.4. The van der Waals surface area contributed by atoms with Crippen molar-refractivity contribution in [3.8, 4) is 44.5 Å². The first-order valence-corrected chi connectivity index (χ1v) is 38.2. The van der Waals surface area contributed by atoms with Gasteiger partial charge < -0.3 is 57.1 Å². The Morgan fingerprint density at radius 3 is 0.892 bits per heavy atom. The van der Waals surface area contributed by atoms with E-state index in [1.807, 2.05) is 115 Å². The first-order valence-electron chi connectivity index (χ1n) is 30.5. The minimum atomic E-state index is -4.25. The van der Waals surface area contributed by atoms with Crippen molar-refractivity contribution < 1.29 is 164 Å². The minimum Gasteiger partial charge on any atom is -0.870 e. The minimum absolute atomic E-state index is 0. The van der Waals surface area contributed by atoms with Gasteiger partial charge in [-0.05, 0) is 148 Å². The molecule has 0 aliphatic heterocycles. The zero-order valence-corrected chi connectivity index (χ0v) is 70.7. The molecule has 0 unspecified atom stereocenters. The van der Waals surface area contributed by atoms with E-state index in [2.05, 4.69) is 71.4 Å². The predicted octanol–water partition coefficient (Wildman–Crippen LogP) is 9.89. The molecule has 0 saturated carbocycles. The van der Waals surface area contributed by atoms with Crippen LogP contribution >= 0.6 is 58.5 Å². The van der Waals surface area contributed by atoms with Gasteiger partial charge in [-0.25, -0.2) is 58.8 Å². The van der Waals surface area contributed by atoms with E-state index in [4.69, 9.17) is 32.4 Å². The van der Waals surface area contributed by atoms with E-state index < -0.39 is 70.9 Å². The zero-order chi connectivity index (χ0) is 78.5. The molecule has 0 atom stereocenters. The van der Waals surface area contributed by atoms with Gasteiger partial charge in [0, 0.05) is 35.5 Å². The van der Waals surface area contributed by atoms with E-state index >= 15 is 0 Å². The number of aromatic carboxylic acids is 4. The first-order chi connectivity index (χ1) is 50.6. The smallest absolute Gasteiger partial charge is 0.870 e. The van der Waals surface area contributed by atoms with Crippen molar-refractivity contribution in [1.29, 1.82) is 0 Å². The number of hydrogen-bond acceptors (Lipinski definition) is 20. The molecule has 0 radical (unpaired) electrons. The van der Waals surface area contributed by atoms with Gasteiger partial charge in [-0.3, -0.25) is 9.44 Å². The molecule has 0 spiro atoms. The number of hydrogen-bond donors (Lipinski definition) is 8. The van der Waals surface area contributed by atoms with Gasteiger partial charge in [0.05, 0.1) is 86.3 Å². The number of carboxylic acids is 4. The number of methoxy groups -OCH3 is 3. The maximum absolute atomic E-state index is 13.0. The molecule has 111 heavy (non-hydrogen) atoms. The summed E-state index contributed by atoms with van der Waals surface area (Å²) in [5.74, 6) is -6.62. The maximum Gasteiger partial charge on any atom is 1.00 e. The van der Waals surface area contributed by atoms with Gasteiger partial charge in [-0.1, -0.05) is 193 Å². The molecule has 26 nitrogen and oxygen atoms in total. The summed E-state index contributed by atoms with van der Waals surface area (Å²) in [7, 11) is -3.43. The van der Waals surface area contributed by atoms with E-state index in [-0.39, 0.29) is 140 Å². The normalized spacial score (nSPS) is 10.3. The van der Waals surface area contributed by atoms with Crippen molar-refractivity contribution in [3.63, 3.8) is 0 Å². The van der Waals surface area contributed by atoms with Crippen molar-refractivity contribution >= 4 is 152 Å². The topological polar surface area (TPSA) is 467 Å². The molecule has 0 aromatic heterocycles. The number of benzene rings is 11. The first kappa shape index (κ1) is 95.6. The SMILES string of the molecule is COC(=O)c1cc(Br)cc(S(=O)(=O)Cl)c1.COC(=O)c1cc(Br)cc(S(=O)(=O)Nc2cc(-c3ccccc3)ccc2C(=O)O)c1.COC(=O)c1ccc(-c2ccccc2)cc1N.Nc1cc(-c2ccccc2)ccc1C(=O)O.O=C(O)c1cc(Br)cc(S(=O)(=O)Nc2cc(-c3ccccc3)ccc2C(=O)O)c1.[Na+].[Na+].[OH-].[OH-]. The molecule has 12 N–H and O–H groups in total. The van der Waals surface area contributed by atoms with Crippen molar-refractivity contribution in [1.82, 2.24) is 0 Å². The van der Waals surface area contributed by atoms with Crippen molar-refractivity contribution in [2.75, 3.05) is 42.2 Å². The Balaban J connectivity index is 0.000000367. The number of carbonyl (C=O) groups is 7. The van der Waals surface area contributed by atoms with Crippen molar-refractivity contribution in [3.05, 3.63) is 301 Å². The van der Waals surface area contributed by atoms with Gasteiger partial charge in [0.1, 0.15) is 0 Å². The summed E-state index contributed by atoms with van der Waals surface area (Å²) >= 11 is 9.34. The Morgan fingerprint density at radius 2 is 0.604 bits per heavy atom. The molecule has 11 aromatic carbocycles. The van der Waals surface area contributed by atoms with Crippen LogP contribution in [-0.2, 0) is 43.3 Å². The molecule has 11 rings (SSSR count). The van der Waals surface area contributed by atoms with Crippen LogP contribution in [0.5, 0.6) is 0 Å². The van der Waals surface area contributed by atoms with Gasteiger partial charge in [-0.15, -0.1) is 0 Å². The summed E-state index contributed by atoms with van der Waals surface area (Å²) < 4.78 is 93.1. The van der Waals surface area contributed by atoms with Crippen LogP contribution in [-0.4, -0.2) is 120 Å². The van der Waals surface area contributed by atoms with Gasteiger partial charge in [0.2, 0.25) is 0 Å². The Morgan fingerprint density at radius 1 is 0.333 bits per heavy atom. The van der Waals surface area contributed by atoms with Crippen LogP contribution in [0.2, 0.25) is 0 Å². The number of nitrogen functional groups attached to an aromatic ring is 2. The van der Waals surface area contributed by atoms with Crippen LogP contribution in [0, 0.1) is 0 Å². The standard InChI is InChI=1S/C21H16BrNO6S.C20H14BrNO6S.C14H13NO2.C13H11NO2.C8H6BrClO4S.2Na.2H2O/c1-29-21(26)15-9-16(22)12-17(10-15)30(27,28)23-19-11-14(7-8-18(19)20(24)25)13-5-3-2-4-6-13;21-15-8-14(19(23)24)9-16(11-15)29(27,28)22-18-10-13(6-7-17(18)20(25)26)12-4-2-1-3-5-12;1-17-14(16)12-8-7-11(9-13(12)15)10-5-3-2-4-6-10;14-12-8-10(6-7-11(12)13(15)16)9-4-2-1-3-5-9;1-14-8(11)5-2-6(9)4-7(3-5)15(10,12)13;;;;/h2-12,23H,1H3,(H,24,25);1-11,22H,(H,23,24)(H,25,26);2-9H,15H2,1H3;1-8H,14H2,(H,15,16);2-4H,1H3;;;2*1H2/q;;;;;2*+1;;/p-2. The molecule has 0 heterocycles. The number of halogens is 4. The molecular formula is C76H62Br3ClN4Na2O22S3.